The Hall–Kier alpha value is -3.05. The molecule has 0 saturated heterocycles. The van der Waals surface area contributed by atoms with Crippen molar-refractivity contribution < 1.29 is 9.59 Å². The van der Waals surface area contributed by atoms with E-state index in [4.69, 9.17) is 11.6 Å². The molecule has 1 atom stereocenters. The second-order valence-corrected chi connectivity index (χ2v) is 7.39. The number of fused-ring (bicyclic) bond motifs is 1. The predicted octanol–water partition coefficient (Wildman–Crippen LogP) is 4.60. The summed E-state index contributed by atoms with van der Waals surface area (Å²) in [6.45, 7) is 1.96. The van der Waals surface area contributed by atoms with Crippen LogP contribution >= 0.6 is 11.6 Å². The summed E-state index contributed by atoms with van der Waals surface area (Å²) in [5, 5.41) is 3.36. The second-order valence-electron chi connectivity index (χ2n) is 6.96. The monoisotopic (exact) mass is 391 g/mol. The smallest absolute Gasteiger partial charge is 0.258 e. The van der Waals surface area contributed by atoms with Gasteiger partial charge in [-0.25, -0.2) is 9.97 Å². The van der Waals surface area contributed by atoms with Crippen molar-refractivity contribution in [2.45, 2.75) is 25.7 Å². The number of ketones is 1. The number of rotatable bonds is 3. The van der Waals surface area contributed by atoms with Crippen molar-refractivity contribution >= 4 is 29.2 Å². The Morgan fingerprint density at radius 3 is 2.68 bits per heavy atom. The number of Topliss-reactive ketones (excluding diaryl/α,β-unsaturated/α-hetero) is 1. The van der Waals surface area contributed by atoms with Gasteiger partial charge in [0.25, 0.3) is 5.91 Å². The van der Waals surface area contributed by atoms with Crippen molar-refractivity contribution in [3.05, 3.63) is 87.7 Å². The maximum Gasteiger partial charge on any atom is 0.258 e. The van der Waals surface area contributed by atoms with Crippen LogP contribution in [0, 0.1) is 6.92 Å². The molecule has 1 heterocycles. The standard InChI is InChI=1S/C22H18ClN3O2/c1-13-5-7-14(8-6-13)21(28)26-22-24-12-18-19(25-22)10-16(11-20(18)27)15-3-2-4-17(23)9-15/h2-9,12,16H,10-11H2,1H3,(H,24,25,26,28). The predicted molar refractivity (Wildman–Crippen MR) is 108 cm³/mol. The van der Waals surface area contributed by atoms with Crippen LogP contribution in [0.25, 0.3) is 0 Å². The summed E-state index contributed by atoms with van der Waals surface area (Å²) < 4.78 is 0. The maximum atomic E-state index is 12.5. The zero-order valence-electron chi connectivity index (χ0n) is 15.3. The summed E-state index contributed by atoms with van der Waals surface area (Å²) in [6.07, 6.45) is 2.49. The molecule has 0 aliphatic heterocycles. The first-order chi connectivity index (χ1) is 13.5. The third kappa shape index (κ3) is 3.80. The molecular formula is C22H18ClN3O2. The number of benzene rings is 2. The van der Waals surface area contributed by atoms with E-state index in [9.17, 15) is 9.59 Å². The van der Waals surface area contributed by atoms with Crippen molar-refractivity contribution in [2.24, 2.45) is 0 Å². The first-order valence-corrected chi connectivity index (χ1v) is 9.40. The lowest BCUT2D eigenvalue weighted by Crippen LogP contribution is -2.22. The number of carbonyl (C=O) groups excluding carboxylic acids is 2. The van der Waals surface area contributed by atoms with Gasteiger partial charge in [-0.3, -0.25) is 14.9 Å². The second kappa shape index (κ2) is 7.52. The lowest BCUT2D eigenvalue weighted by molar-refractivity contribution is 0.0962. The van der Waals surface area contributed by atoms with E-state index in [1.54, 1.807) is 12.1 Å². The van der Waals surface area contributed by atoms with Gasteiger partial charge in [0.05, 0.1) is 11.3 Å². The van der Waals surface area contributed by atoms with Gasteiger partial charge in [0.15, 0.2) is 5.78 Å². The first kappa shape index (κ1) is 18.3. The van der Waals surface area contributed by atoms with E-state index in [0.717, 1.165) is 11.1 Å². The lowest BCUT2D eigenvalue weighted by Gasteiger charge is -2.23. The van der Waals surface area contributed by atoms with Crippen LogP contribution in [-0.4, -0.2) is 21.7 Å². The molecule has 3 aromatic rings. The number of aromatic nitrogens is 2. The van der Waals surface area contributed by atoms with Gasteiger partial charge in [-0.05, 0) is 49.1 Å². The van der Waals surface area contributed by atoms with E-state index in [1.165, 1.54) is 6.20 Å². The largest absolute Gasteiger partial charge is 0.294 e. The highest BCUT2D eigenvalue weighted by Crippen LogP contribution is 2.33. The van der Waals surface area contributed by atoms with Crippen molar-refractivity contribution in [1.29, 1.82) is 0 Å². The van der Waals surface area contributed by atoms with E-state index in [0.29, 0.717) is 34.7 Å². The van der Waals surface area contributed by atoms with E-state index in [-0.39, 0.29) is 23.6 Å². The number of nitrogens with one attached hydrogen (secondary N) is 1. The number of carbonyl (C=O) groups is 2. The third-order valence-corrected chi connectivity index (χ3v) is 5.13. The van der Waals surface area contributed by atoms with Crippen LogP contribution in [0.4, 0.5) is 5.95 Å². The Labute approximate surface area is 167 Å². The average Bonchev–Trinajstić information content (AvgIpc) is 2.68. The summed E-state index contributed by atoms with van der Waals surface area (Å²) >= 11 is 6.09. The Balaban J connectivity index is 1.57. The molecule has 5 nitrogen and oxygen atoms in total. The van der Waals surface area contributed by atoms with Crippen LogP contribution in [0.3, 0.4) is 0 Å². The molecule has 1 aliphatic carbocycles. The summed E-state index contributed by atoms with van der Waals surface area (Å²) in [7, 11) is 0. The summed E-state index contributed by atoms with van der Waals surface area (Å²) in [5.74, 6) is -0.0748. The molecule has 0 radical (unpaired) electrons. The molecule has 1 amide bonds. The Morgan fingerprint density at radius 2 is 1.93 bits per heavy atom. The molecule has 28 heavy (non-hydrogen) atoms. The zero-order valence-corrected chi connectivity index (χ0v) is 16.0. The van der Waals surface area contributed by atoms with E-state index >= 15 is 0 Å². The van der Waals surface area contributed by atoms with Gasteiger partial charge < -0.3 is 0 Å². The van der Waals surface area contributed by atoms with Gasteiger partial charge >= 0.3 is 0 Å². The molecule has 2 aromatic carbocycles. The van der Waals surface area contributed by atoms with Gasteiger partial charge in [-0.2, -0.15) is 0 Å². The summed E-state index contributed by atoms with van der Waals surface area (Å²) in [5.41, 5.74) is 3.78. The van der Waals surface area contributed by atoms with Gasteiger partial charge in [0.1, 0.15) is 0 Å². The van der Waals surface area contributed by atoms with Crippen LogP contribution in [0.1, 0.15) is 49.9 Å². The molecule has 1 aliphatic rings. The van der Waals surface area contributed by atoms with Crippen molar-refractivity contribution in [3.8, 4) is 0 Å². The minimum Gasteiger partial charge on any atom is -0.294 e. The fourth-order valence-corrected chi connectivity index (χ4v) is 3.58. The fraction of sp³-hybridized carbons (Fsp3) is 0.182. The lowest BCUT2D eigenvalue weighted by atomic mass is 9.82. The highest BCUT2D eigenvalue weighted by Gasteiger charge is 2.28. The topological polar surface area (TPSA) is 72.0 Å². The average molecular weight is 392 g/mol. The Morgan fingerprint density at radius 1 is 1.14 bits per heavy atom. The van der Waals surface area contributed by atoms with Crippen LogP contribution in [0.2, 0.25) is 5.02 Å². The normalized spacial score (nSPS) is 15.8. The number of anilines is 1. The molecule has 140 valence electrons. The van der Waals surface area contributed by atoms with Crippen molar-refractivity contribution in [3.63, 3.8) is 0 Å². The highest BCUT2D eigenvalue weighted by molar-refractivity contribution is 6.30. The highest BCUT2D eigenvalue weighted by atomic mass is 35.5. The quantitative estimate of drug-likeness (QED) is 0.708. The zero-order chi connectivity index (χ0) is 19.7. The minimum absolute atomic E-state index is 0.00244. The van der Waals surface area contributed by atoms with Gasteiger partial charge in [0, 0.05) is 23.2 Å². The third-order valence-electron chi connectivity index (χ3n) is 4.90. The van der Waals surface area contributed by atoms with Crippen LogP contribution in [0.15, 0.2) is 54.7 Å². The summed E-state index contributed by atoms with van der Waals surface area (Å²) in [4.78, 5) is 33.5. The van der Waals surface area contributed by atoms with E-state index in [2.05, 4.69) is 15.3 Å². The van der Waals surface area contributed by atoms with Gasteiger partial charge in [-0.1, -0.05) is 41.4 Å². The number of halogens is 1. The van der Waals surface area contributed by atoms with Crippen molar-refractivity contribution in [2.75, 3.05) is 5.32 Å². The number of nitrogens with zero attached hydrogens (tertiary/aromatic N) is 2. The molecule has 0 bridgehead atoms. The first-order valence-electron chi connectivity index (χ1n) is 9.02. The molecule has 1 aromatic heterocycles. The van der Waals surface area contributed by atoms with Gasteiger partial charge in [-0.15, -0.1) is 0 Å². The van der Waals surface area contributed by atoms with E-state index in [1.807, 2.05) is 43.3 Å². The number of aryl methyl sites for hydroxylation is 1. The minimum atomic E-state index is -0.284. The Kier molecular flexibility index (Phi) is 4.92. The molecule has 1 unspecified atom stereocenters. The molecule has 6 heteroatoms. The van der Waals surface area contributed by atoms with Gasteiger partial charge in [0.2, 0.25) is 5.95 Å². The van der Waals surface area contributed by atoms with E-state index < -0.39 is 0 Å². The number of hydrogen-bond donors (Lipinski definition) is 1. The van der Waals surface area contributed by atoms with Crippen LogP contribution in [-0.2, 0) is 6.42 Å². The number of amides is 1. The van der Waals surface area contributed by atoms with Crippen LogP contribution in [0.5, 0.6) is 0 Å². The van der Waals surface area contributed by atoms with Crippen molar-refractivity contribution in [1.82, 2.24) is 9.97 Å². The molecule has 0 spiro atoms. The molecule has 1 N–H and O–H groups in total. The Bertz CT molecular complexity index is 1060. The molecule has 0 saturated carbocycles. The fourth-order valence-electron chi connectivity index (χ4n) is 3.38. The van der Waals surface area contributed by atoms with Crippen LogP contribution < -0.4 is 5.32 Å². The SMILES string of the molecule is Cc1ccc(C(=O)Nc2ncc3c(n2)CC(c2cccc(Cl)c2)CC3=O)cc1. The summed E-state index contributed by atoms with van der Waals surface area (Å²) in [6, 6.07) is 14.8. The molecule has 4 rings (SSSR count). The molecule has 0 fully saturated rings. The maximum absolute atomic E-state index is 12.5. The number of hydrogen-bond acceptors (Lipinski definition) is 4. The molecular weight excluding hydrogens is 374 g/mol.